The average molecular weight is 229 g/mol. The van der Waals surface area contributed by atoms with Gasteiger partial charge in [-0.3, -0.25) is 9.59 Å². The number of carboxylic acids is 1. The Morgan fingerprint density at radius 3 is 2.87 bits per heavy atom. The predicted octanol–water partition coefficient (Wildman–Crippen LogP) is 0.192. The van der Waals surface area contributed by atoms with Gasteiger partial charge in [0.15, 0.2) is 5.13 Å². The molecule has 0 aliphatic heterocycles. The molecule has 1 aromatic heterocycles. The zero-order chi connectivity index (χ0) is 11.4. The normalized spacial score (nSPS) is 12.1. The van der Waals surface area contributed by atoms with Gasteiger partial charge in [0, 0.05) is 5.38 Å². The van der Waals surface area contributed by atoms with Gasteiger partial charge in [-0.05, 0) is 6.92 Å². The minimum Gasteiger partial charge on any atom is -0.481 e. The number of aromatic nitrogens is 1. The SMILES string of the molecule is Cc1csc(NC(=O)C(N)CC(=O)O)n1. The summed E-state index contributed by atoms with van der Waals surface area (Å²) in [7, 11) is 0. The van der Waals surface area contributed by atoms with Gasteiger partial charge in [0.25, 0.3) is 0 Å². The topological polar surface area (TPSA) is 105 Å². The van der Waals surface area contributed by atoms with E-state index in [-0.39, 0.29) is 0 Å². The zero-order valence-corrected chi connectivity index (χ0v) is 8.87. The van der Waals surface area contributed by atoms with Crippen LogP contribution in [0.25, 0.3) is 0 Å². The van der Waals surface area contributed by atoms with Crippen molar-refractivity contribution in [2.75, 3.05) is 5.32 Å². The fourth-order valence-electron chi connectivity index (χ4n) is 0.890. The molecule has 1 unspecified atom stereocenters. The molecule has 0 aliphatic rings. The first-order valence-corrected chi connectivity index (χ1v) is 5.07. The van der Waals surface area contributed by atoms with E-state index >= 15 is 0 Å². The van der Waals surface area contributed by atoms with Crippen LogP contribution >= 0.6 is 11.3 Å². The molecule has 0 aliphatic carbocycles. The maximum atomic E-state index is 11.3. The van der Waals surface area contributed by atoms with Gasteiger partial charge in [-0.1, -0.05) is 0 Å². The van der Waals surface area contributed by atoms with E-state index in [1.165, 1.54) is 11.3 Å². The van der Waals surface area contributed by atoms with Crippen LogP contribution in [0.15, 0.2) is 5.38 Å². The maximum absolute atomic E-state index is 11.3. The molecule has 0 spiro atoms. The molecular formula is C8H11N3O3S. The van der Waals surface area contributed by atoms with Crippen LogP contribution in [0.2, 0.25) is 0 Å². The van der Waals surface area contributed by atoms with Crippen LogP contribution < -0.4 is 11.1 Å². The van der Waals surface area contributed by atoms with Crippen molar-refractivity contribution in [3.63, 3.8) is 0 Å². The lowest BCUT2D eigenvalue weighted by Crippen LogP contribution is -2.37. The third kappa shape index (κ3) is 3.64. The van der Waals surface area contributed by atoms with Gasteiger partial charge in [-0.25, -0.2) is 4.98 Å². The Morgan fingerprint density at radius 2 is 2.40 bits per heavy atom. The van der Waals surface area contributed by atoms with E-state index in [0.29, 0.717) is 5.13 Å². The minimum atomic E-state index is -1.10. The molecular weight excluding hydrogens is 218 g/mol. The number of nitrogens with two attached hydrogens (primary N) is 1. The third-order valence-electron chi connectivity index (χ3n) is 1.58. The second-order valence-corrected chi connectivity index (χ2v) is 3.85. The highest BCUT2D eigenvalue weighted by Crippen LogP contribution is 2.14. The Kier molecular flexibility index (Phi) is 3.75. The summed E-state index contributed by atoms with van der Waals surface area (Å²) in [5.74, 6) is -1.64. The minimum absolute atomic E-state index is 0.393. The van der Waals surface area contributed by atoms with Crippen molar-refractivity contribution in [1.29, 1.82) is 0 Å². The molecule has 1 atom stereocenters. The molecule has 1 aromatic rings. The standard InChI is InChI=1S/C8H11N3O3S/c1-4-3-15-8(10-4)11-7(14)5(9)2-6(12)13/h3,5H,2,9H2,1H3,(H,12,13)(H,10,11,14). The first-order valence-electron chi connectivity index (χ1n) is 4.19. The van der Waals surface area contributed by atoms with E-state index in [1.807, 2.05) is 0 Å². The van der Waals surface area contributed by atoms with Gasteiger partial charge in [0.1, 0.15) is 0 Å². The van der Waals surface area contributed by atoms with E-state index in [2.05, 4.69) is 10.3 Å². The highest BCUT2D eigenvalue weighted by molar-refractivity contribution is 7.13. The Labute approximate surface area is 90.1 Å². The van der Waals surface area contributed by atoms with Crippen molar-refractivity contribution in [2.45, 2.75) is 19.4 Å². The summed E-state index contributed by atoms with van der Waals surface area (Å²) in [4.78, 5) is 25.6. The lowest BCUT2D eigenvalue weighted by Gasteiger charge is -2.07. The number of amides is 1. The van der Waals surface area contributed by atoms with Crippen LogP contribution in [0.4, 0.5) is 5.13 Å². The van der Waals surface area contributed by atoms with Gasteiger partial charge < -0.3 is 16.2 Å². The van der Waals surface area contributed by atoms with Gasteiger partial charge in [-0.15, -0.1) is 11.3 Å². The van der Waals surface area contributed by atoms with Crippen molar-refractivity contribution in [2.24, 2.45) is 5.73 Å². The van der Waals surface area contributed by atoms with E-state index in [4.69, 9.17) is 10.8 Å². The van der Waals surface area contributed by atoms with Gasteiger partial charge in [-0.2, -0.15) is 0 Å². The quantitative estimate of drug-likeness (QED) is 0.683. The number of anilines is 1. The average Bonchev–Trinajstić information content (AvgIpc) is 2.50. The Morgan fingerprint density at radius 1 is 1.73 bits per heavy atom. The van der Waals surface area contributed by atoms with Crippen LogP contribution in [-0.4, -0.2) is 28.0 Å². The molecule has 0 bridgehead atoms. The Hall–Kier alpha value is -1.47. The molecule has 6 nitrogen and oxygen atoms in total. The maximum Gasteiger partial charge on any atom is 0.305 e. The highest BCUT2D eigenvalue weighted by atomic mass is 32.1. The van der Waals surface area contributed by atoms with Crippen LogP contribution in [0.3, 0.4) is 0 Å². The fraction of sp³-hybridized carbons (Fsp3) is 0.375. The molecule has 1 amide bonds. The number of thiazole rings is 1. The molecule has 4 N–H and O–H groups in total. The van der Waals surface area contributed by atoms with E-state index in [1.54, 1.807) is 12.3 Å². The van der Waals surface area contributed by atoms with Crippen molar-refractivity contribution in [3.05, 3.63) is 11.1 Å². The summed E-state index contributed by atoms with van der Waals surface area (Å²) in [6.07, 6.45) is -0.393. The largest absolute Gasteiger partial charge is 0.481 e. The molecule has 0 saturated carbocycles. The lowest BCUT2D eigenvalue weighted by molar-refractivity contribution is -0.138. The molecule has 1 rings (SSSR count). The second kappa shape index (κ2) is 4.85. The number of carbonyl (C=O) groups excluding carboxylic acids is 1. The van der Waals surface area contributed by atoms with Crippen LogP contribution in [0.1, 0.15) is 12.1 Å². The molecule has 0 aromatic carbocycles. The van der Waals surface area contributed by atoms with Gasteiger partial charge in [0.2, 0.25) is 5.91 Å². The predicted molar refractivity (Wildman–Crippen MR) is 55.7 cm³/mol. The lowest BCUT2D eigenvalue weighted by atomic mass is 10.2. The van der Waals surface area contributed by atoms with Crippen molar-refractivity contribution in [1.82, 2.24) is 4.98 Å². The van der Waals surface area contributed by atoms with Crippen LogP contribution in [0.5, 0.6) is 0 Å². The van der Waals surface area contributed by atoms with Crippen molar-refractivity contribution < 1.29 is 14.7 Å². The van der Waals surface area contributed by atoms with Crippen LogP contribution in [-0.2, 0) is 9.59 Å². The molecule has 82 valence electrons. The molecule has 7 heteroatoms. The smallest absolute Gasteiger partial charge is 0.305 e. The number of nitrogens with zero attached hydrogens (tertiary/aromatic N) is 1. The number of aliphatic carboxylic acids is 1. The number of carboxylic acid groups (broad SMARTS) is 1. The summed E-state index contributed by atoms with van der Waals surface area (Å²) >= 11 is 1.27. The van der Waals surface area contributed by atoms with Crippen LogP contribution in [0, 0.1) is 6.92 Å². The Bertz CT molecular complexity index is 377. The first kappa shape index (κ1) is 11.6. The summed E-state index contributed by atoms with van der Waals surface area (Å²) in [6, 6.07) is -1.05. The monoisotopic (exact) mass is 229 g/mol. The number of hydrogen-bond acceptors (Lipinski definition) is 5. The van der Waals surface area contributed by atoms with E-state index in [0.717, 1.165) is 5.69 Å². The summed E-state index contributed by atoms with van der Waals surface area (Å²) in [5.41, 5.74) is 6.15. The highest BCUT2D eigenvalue weighted by Gasteiger charge is 2.17. The zero-order valence-electron chi connectivity index (χ0n) is 8.06. The number of nitrogens with one attached hydrogen (secondary N) is 1. The number of carbonyl (C=O) groups is 2. The van der Waals surface area contributed by atoms with Crippen molar-refractivity contribution in [3.8, 4) is 0 Å². The summed E-state index contributed by atoms with van der Waals surface area (Å²) in [5, 5.41) is 13.1. The number of aryl methyl sites for hydroxylation is 1. The molecule has 0 saturated heterocycles. The van der Waals surface area contributed by atoms with E-state index < -0.39 is 24.3 Å². The number of hydrogen-bond donors (Lipinski definition) is 3. The fourth-order valence-corrected chi connectivity index (χ4v) is 1.58. The summed E-state index contributed by atoms with van der Waals surface area (Å²) < 4.78 is 0. The summed E-state index contributed by atoms with van der Waals surface area (Å²) in [6.45, 7) is 1.79. The van der Waals surface area contributed by atoms with Gasteiger partial charge >= 0.3 is 5.97 Å². The van der Waals surface area contributed by atoms with E-state index in [9.17, 15) is 9.59 Å². The first-order chi connectivity index (χ1) is 6.99. The van der Waals surface area contributed by atoms with Gasteiger partial charge in [0.05, 0.1) is 18.2 Å². The van der Waals surface area contributed by atoms with Crippen molar-refractivity contribution >= 4 is 28.3 Å². The molecule has 0 fully saturated rings. The molecule has 15 heavy (non-hydrogen) atoms. The third-order valence-corrected chi connectivity index (χ3v) is 2.46. The molecule has 0 radical (unpaired) electrons. The number of rotatable bonds is 4. The second-order valence-electron chi connectivity index (χ2n) is 2.99. The molecule has 1 heterocycles. The Balaban J connectivity index is 2.52.